The Bertz CT molecular complexity index is 1040. The number of aryl methyl sites for hydroxylation is 2. The standard InChI is InChI=1S/C23H25N3O2S/c27-23(28)16-10-12-26(13-11-16)21-20-17-8-4-5-9-18(17)29-22(20)25-19(24-21)14-15-6-2-1-3-7-15/h1-3,6-7,16H,4-5,8-14H2,(H,27,28). The maximum absolute atomic E-state index is 11.4. The van der Waals surface area contributed by atoms with Gasteiger partial charge in [0.25, 0.3) is 0 Å². The van der Waals surface area contributed by atoms with E-state index in [1.54, 1.807) is 0 Å². The molecule has 0 amide bonds. The summed E-state index contributed by atoms with van der Waals surface area (Å²) in [5.74, 6) is 0.987. The van der Waals surface area contributed by atoms with E-state index < -0.39 is 5.97 Å². The second kappa shape index (κ2) is 7.75. The van der Waals surface area contributed by atoms with E-state index in [4.69, 9.17) is 9.97 Å². The Morgan fingerprint density at radius 3 is 2.62 bits per heavy atom. The zero-order chi connectivity index (χ0) is 19.8. The largest absolute Gasteiger partial charge is 0.481 e. The van der Waals surface area contributed by atoms with Crippen LogP contribution in [0.4, 0.5) is 5.82 Å². The molecule has 1 saturated heterocycles. The highest BCUT2D eigenvalue weighted by molar-refractivity contribution is 7.19. The van der Waals surface area contributed by atoms with Crippen molar-refractivity contribution in [3.63, 3.8) is 0 Å². The van der Waals surface area contributed by atoms with Gasteiger partial charge in [-0.1, -0.05) is 30.3 Å². The second-order valence-electron chi connectivity index (χ2n) is 8.12. The molecule has 3 heterocycles. The summed E-state index contributed by atoms with van der Waals surface area (Å²) in [6.45, 7) is 1.50. The molecule has 29 heavy (non-hydrogen) atoms. The topological polar surface area (TPSA) is 66.3 Å². The first kappa shape index (κ1) is 18.6. The summed E-state index contributed by atoms with van der Waals surface area (Å²) in [5, 5.41) is 10.6. The van der Waals surface area contributed by atoms with Crippen LogP contribution in [0.1, 0.15) is 47.5 Å². The van der Waals surface area contributed by atoms with Crippen molar-refractivity contribution in [1.29, 1.82) is 0 Å². The molecule has 0 bridgehead atoms. The highest BCUT2D eigenvalue weighted by Crippen LogP contribution is 2.40. The van der Waals surface area contributed by atoms with Gasteiger partial charge in [-0.25, -0.2) is 9.97 Å². The summed E-state index contributed by atoms with van der Waals surface area (Å²) in [6, 6.07) is 10.4. The number of carbonyl (C=O) groups is 1. The Kier molecular flexibility index (Phi) is 4.96. The molecule has 5 rings (SSSR count). The van der Waals surface area contributed by atoms with Gasteiger partial charge in [-0.3, -0.25) is 4.79 Å². The fourth-order valence-corrected chi connectivity index (χ4v) is 5.88. The number of aromatic nitrogens is 2. The number of rotatable bonds is 4. The highest BCUT2D eigenvalue weighted by Gasteiger charge is 2.29. The Hall–Kier alpha value is -2.47. The molecular formula is C23H25N3O2S. The normalized spacial score (nSPS) is 17.4. The van der Waals surface area contributed by atoms with Gasteiger partial charge in [-0.2, -0.15) is 0 Å². The van der Waals surface area contributed by atoms with Crippen molar-refractivity contribution in [2.75, 3.05) is 18.0 Å². The van der Waals surface area contributed by atoms with E-state index in [-0.39, 0.29) is 5.92 Å². The fourth-order valence-electron chi connectivity index (χ4n) is 4.61. The van der Waals surface area contributed by atoms with Crippen molar-refractivity contribution >= 4 is 33.3 Å². The Morgan fingerprint density at radius 1 is 1.10 bits per heavy atom. The van der Waals surface area contributed by atoms with Crippen molar-refractivity contribution in [3.8, 4) is 0 Å². The molecule has 1 fully saturated rings. The van der Waals surface area contributed by atoms with Crippen LogP contribution in [0.25, 0.3) is 10.2 Å². The van der Waals surface area contributed by atoms with Crippen molar-refractivity contribution < 1.29 is 9.90 Å². The van der Waals surface area contributed by atoms with Gasteiger partial charge in [0, 0.05) is 24.4 Å². The number of carboxylic acids is 1. The van der Waals surface area contributed by atoms with Crippen LogP contribution in [-0.4, -0.2) is 34.1 Å². The van der Waals surface area contributed by atoms with Gasteiger partial charge in [0.15, 0.2) is 0 Å². The minimum atomic E-state index is -0.671. The average molecular weight is 408 g/mol. The number of fused-ring (bicyclic) bond motifs is 3. The second-order valence-corrected chi connectivity index (χ2v) is 9.20. The number of anilines is 1. The van der Waals surface area contributed by atoms with Crippen molar-refractivity contribution in [2.45, 2.75) is 44.9 Å². The molecule has 1 aliphatic carbocycles. The molecular weight excluding hydrogens is 382 g/mol. The Labute approximate surface area is 174 Å². The Balaban J connectivity index is 1.56. The summed E-state index contributed by atoms with van der Waals surface area (Å²) in [4.78, 5) is 26.3. The van der Waals surface area contributed by atoms with Gasteiger partial charge >= 0.3 is 5.97 Å². The maximum atomic E-state index is 11.4. The molecule has 0 saturated carbocycles. The van der Waals surface area contributed by atoms with Crippen molar-refractivity contribution in [1.82, 2.24) is 9.97 Å². The molecule has 1 N–H and O–H groups in total. The minimum Gasteiger partial charge on any atom is -0.481 e. The molecule has 0 atom stereocenters. The van der Waals surface area contributed by atoms with Crippen LogP contribution in [0.3, 0.4) is 0 Å². The first-order valence-corrected chi connectivity index (χ1v) is 11.3. The molecule has 150 valence electrons. The molecule has 0 radical (unpaired) electrons. The number of carboxylic acid groups (broad SMARTS) is 1. The monoisotopic (exact) mass is 407 g/mol. The summed E-state index contributed by atoms with van der Waals surface area (Å²) < 4.78 is 0. The summed E-state index contributed by atoms with van der Waals surface area (Å²) >= 11 is 1.84. The van der Waals surface area contributed by atoms with E-state index in [1.807, 2.05) is 17.4 Å². The highest BCUT2D eigenvalue weighted by atomic mass is 32.1. The van der Waals surface area contributed by atoms with Gasteiger partial charge in [0.1, 0.15) is 16.5 Å². The molecule has 1 aromatic carbocycles. The van der Waals surface area contributed by atoms with Crippen molar-refractivity contribution in [2.24, 2.45) is 5.92 Å². The van der Waals surface area contributed by atoms with Gasteiger partial charge in [-0.05, 0) is 49.7 Å². The number of thiophene rings is 1. The van der Waals surface area contributed by atoms with Crippen LogP contribution in [0.2, 0.25) is 0 Å². The lowest BCUT2D eigenvalue weighted by molar-refractivity contribution is -0.142. The molecule has 2 aromatic heterocycles. The number of aliphatic carboxylic acids is 1. The summed E-state index contributed by atoms with van der Waals surface area (Å²) in [6.07, 6.45) is 6.81. The van der Waals surface area contributed by atoms with Crippen LogP contribution in [0.15, 0.2) is 30.3 Å². The first-order valence-electron chi connectivity index (χ1n) is 10.5. The maximum Gasteiger partial charge on any atom is 0.306 e. The predicted octanol–water partition coefficient (Wildman–Crippen LogP) is 4.46. The quantitative estimate of drug-likeness (QED) is 0.692. The van der Waals surface area contributed by atoms with Crippen LogP contribution < -0.4 is 4.90 Å². The van der Waals surface area contributed by atoms with E-state index in [0.29, 0.717) is 12.8 Å². The van der Waals surface area contributed by atoms with E-state index >= 15 is 0 Å². The number of benzene rings is 1. The third-order valence-corrected chi connectivity index (χ3v) is 7.38. The van der Waals surface area contributed by atoms with Crippen LogP contribution in [0.5, 0.6) is 0 Å². The molecule has 0 spiro atoms. The molecule has 1 aliphatic heterocycles. The smallest absolute Gasteiger partial charge is 0.306 e. The first-order chi connectivity index (χ1) is 14.2. The SMILES string of the molecule is O=C(O)C1CCN(c2nc(Cc3ccccc3)nc3sc4c(c23)CCCC4)CC1. The summed E-state index contributed by atoms with van der Waals surface area (Å²) in [5.41, 5.74) is 2.65. The zero-order valence-corrected chi connectivity index (χ0v) is 17.2. The van der Waals surface area contributed by atoms with Gasteiger partial charge in [0.05, 0.1) is 11.3 Å². The Morgan fingerprint density at radius 2 is 1.86 bits per heavy atom. The third-order valence-electron chi connectivity index (χ3n) is 6.19. The van der Waals surface area contributed by atoms with Gasteiger partial charge < -0.3 is 10.0 Å². The van der Waals surface area contributed by atoms with Crippen LogP contribution >= 0.6 is 11.3 Å². The van der Waals surface area contributed by atoms with E-state index in [9.17, 15) is 9.90 Å². The average Bonchev–Trinajstić information content (AvgIpc) is 3.12. The lowest BCUT2D eigenvalue weighted by atomic mass is 9.95. The van der Waals surface area contributed by atoms with Gasteiger partial charge in [-0.15, -0.1) is 11.3 Å². The number of hydrogen-bond donors (Lipinski definition) is 1. The van der Waals surface area contributed by atoms with Crippen LogP contribution in [-0.2, 0) is 24.1 Å². The zero-order valence-electron chi connectivity index (χ0n) is 16.4. The summed E-state index contributed by atoms with van der Waals surface area (Å²) in [7, 11) is 0. The number of piperidine rings is 1. The number of hydrogen-bond acceptors (Lipinski definition) is 5. The minimum absolute atomic E-state index is 0.233. The van der Waals surface area contributed by atoms with Crippen molar-refractivity contribution in [3.05, 3.63) is 52.2 Å². The predicted molar refractivity (Wildman–Crippen MR) is 116 cm³/mol. The lowest BCUT2D eigenvalue weighted by Gasteiger charge is -2.32. The molecule has 2 aliphatic rings. The molecule has 5 nitrogen and oxygen atoms in total. The lowest BCUT2D eigenvalue weighted by Crippen LogP contribution is -2.37. The molecule has 3 aromatic rings. The van der Waals surface area contributed by atoms with E-state index in [1.165, 1.54) is 34.2 Å². The number of nitrogens with zero attached hydrogens (tertiary/aromatic N) is 3. The fraction of sp³-hybridized carbons (Fsp3) is 0.435. The third kappa shape index (κ3) is 3.62. The van der Waals surface area contributed by atoms with Gasteiger partial charge in [0.2, 0.25) is 0 Å². The molecule has 0 unspecified atom stereocenters. The van der Waals surface area contributed by atoms with E-state index in [2.05, 4.69) is 29.2 Å². The van der Waals surface area contributed by atoms with Crippen LogP contribution in [0, 0.1) is 5.92 Å². The molecule has 6 heteroatoms. The van der Waals surface area contributed by atoms with E-state index in [0.717, 1.165) is 48.8 Å².